The summed E-state index contributed by atoms with van der Waals surface area (Å²) in [6.45, 7) is 1.74. The first-order valence-electron chi connectivity index (χ1n) is 7.59. The summed E-state index contributed by atoms with van der Waals surface area (Å²) in [5, 5.41) is 2.68. The lowest BCUT2D eigenvalue weighted by Gasteiger charge is -2.11. The fraction of sp³-hybridized carbons (Fsp3) is 0.235. The Morgan fingerprint density at radius 2 is 1.69 bits per heavy atom. The number of nitrogens with one attached hydrogen (secondary N) is 2. The lowest BCUT2D eigenvalue weighted by molar-refractivity contribution is 0.102. The van der Waals surface area contributed by atoms with E-state index in [4.69, 9.17) is 0 Å². The lowest BCUT2D eigenvalue weighted by atomic mass is 10.1. The van der Waals surface area contributed by atoms with E-state index in [1.807, 2.05) is 0 Å². The van der Waals surface area contributed by atoms with Crippen LogP contribution in [0.3, 0.4) is 0 Å². The van der Waals surface area contributed by atoms with Crippen LogP contribution >= 0.6 is 0 Å². The predicted octanol–water partition coefficient (Wildman–Crippen LogP) is 2.16. The molecule has 0 saturated heterocycles. The molecule has 0 radical (unpaired) electrons. The number of carbonyl (C=O) groups excluding carboxylic acids is 1. The first kappa shape index (κ1) is 19.9. The third-order valence-electron chi connectivity index (χ3n) is 3.41. The minimum Gasteiger partial charge on any atom is -0.322 e. The minimum atomic E-state index is -3.44. The molecule has 0 spiro atoms. The summed E-state index contributed by atoms with van der Waals surface area (Å²) in [4.78, 5) is 12.4. The van der Waals surface area contributed by atoms with E-state index in [0.717, 1.165) is 12.5 Å². The zero-order chi connectivity index (χ0) is 19.5. The largest absolute Gasteiger partial charge is 0.322 e. The molecule has 7 nitrogen and oxygen atoms in total. The van der Waals surface area contributed by atoms with Crippen LogP contribution < -0.4 is 10.0 Å². The number of amides is 1. The fourth-order valence-corrected chi connectivity index (χ4v) is 3.72. The Hall–Kier alpha value is -2.39. The van der Waals surface area contributed by atoms with Crippen molar-refractivity contribution in [1.29, 1.82) is 0 Å². The van der Waals surface area contributed by atoms with E-state index in [9.17, 15) is 21.6 Å². The molecule has 0 atom stereocenters. The Kier molecular flexibility index (Phi) is 5.72. The average molecular weight is 396 g/mol. The number of anilines is 2. The van der Waals surface area contributed by atoms with Crippen LogP contribution in [0.1, 0.15) is 21.5 Å². The highest BCUT2D eigenvalue weighted by molar-refractivity contribution is 7.92. The number of rotatable bonds is 6. The molecule has 0 aliphatic rings. The summed E-state index contributed by atoms with van der Waals surface area (Å²) < 4.78 is 48.0. The van der Waals surface area contributed by atoms with Gasteiger partial charge in [0.15, 0.2) is 9.84 Å². The Morgan fingerprint density at radius 3 is 2.31 bits per heavy atom. The van der Waals surface area contributed by atoms with Crippen LogP contribution in [0.25, 0.3) is 0 Å². The quantitative estimate of drug-likeness (QED) is 0.778. The van der Waals surface area contributed by atoms with Crippen molar-refractivity contribution in [3.05, 3.63) is 59.2 Å². The van der Waals surface area contributed by atoms with Gasteiger partial charge in [-0.25, -0.2) is 16.8 Å². The molecule has 0 unspecified atom stereocenters. The molecule has 26 heavy (non-hydrogen) atoms. The smallest absolute Gasteiger partial charge is 0.255 e. The molecule has 9 heteroatoms. The van der Waals surface area contributed by atoms with Crippen LogP contribution in [0, 0.1) is 6.92 Å². The van der Waals surface area contributed by atoms with Gasteiger partial charge in [0, 0.05) is 17.5 Å². The number of sulfone groups is 1. The number of benzene rings is 2. The molecule has 0 aromatic heterocycles. The Balaban J connectivity index is 2.22. The van der Waals surface area contributed by atoms with E-state index in [2.05, 4.69) is 10.0 Å². The monoisotopic (exact) mass is 396 g/mol. The van der Waals surface area contributed by atoms with Crippen LogP contribution in [0.2, 0.25) is 0 Å². The van der Waals surface area contributed by atoms with E-state index in [1.54, 1.807) is 37.3 Å². The third-order valence-corrected chi connectivity index (χ3v) is 4.86. The summed E-state index contributed by atoms with van der Waals surface area (Å²) in [6, 6.07) is 11.2. The van der Waals surface area contributed by atoms with E-state index >= 15 is 0 Å². The molecular formula is C17H20N2O5S2. The highest BCUT2D eigenvalue weighted by Gasteiger charge is 2.11. The molecule has 0 aliphatic carbocycles. The molecule has 0 heterocycles. The van der Waals surface area contributed by atoms with E-state index < -0.39 is 25.8 Å². The van der Waals surface area contributed by atoms with Gasteiger partial charge in [-0.15, -0.1) is 0 Å². The van der Waals surface area contributed by atoms with Gasteiger partial charge in [0.2, 0.25) is 10.0 Å². The van der Waals surface area contributed by atoms with Gasteiger partial charge in [0.25, 0.3) is 5.91 Å². The van der Waals surface area contributed by atoms with Crippen molar-refractivity contribution in [2.45, 2.75) is 12.7 Å². The van der Waals surface area contributed by atoms with Gasteiger partial charge in [-0.2, -0.15) is 0 Å². The van der Waals surface area contributed by atoms with Crippen molar-refractivity contribution in [2.24, 2.45) is 0 Å². The highest BCUT2D eigenvalue weighted by atomic mass is 32.2. The molecular weight excluding hydrogens is 376 g/mol. The van der Waals surface area contributed by atoms with Gasteiger partial charge in [0.05, 0.1) is 17.7 Å². The molecule has 0 fully saturated rings. The average Bonchev–Trinajstić information content (AvgIpc) is 2.48. The number of hydrogen-bond donors (Lipinski definition) is 2. The van der Waals surface area contributed by atoms with Crippen LogP contribution in [0.5, 0.6) is 0 Å². The molecule has 2 N–H and O–H groups in total. The van der Waals surface area contributed by atoms with Gasteiger partial charge in [-0.3, -0.25) is 9.52 Å². The third kappa shape index (κ3) is 6.16. The van der Waals surface area contributed by atoms with Gasteiger partial charge >= 0.3 is 0 Å². The van der Waals surface area contributed by atoms with Crippen molar-refractivity contribution < 1.29 is 21.6 Å². The van der Waals surface area contributed by atoms with Gasteiger partial charge < -0.3 is 5.32 Å². The van der Waals surface area contributed by atoms with Gasteiger partial charge in [-0.05, 0) is 42.3 Å². The second-order valence-corrected chi connectivity index (χ2v) is 10.0. The number of carbonyl (C=O) groups is 1. The van der Waals surface area contributed by atoms with Crippen LogP contribution in [-0.4, -0.2) is 35.3 Å². The Labute approximate surface area is 153 Å². The second-order valence-electron chi connectivity index (χ2n) is 6.13. The molecule has 1 amide bonds. The maximum absolute atomic E-state index is 12.4. The molecule has 2 aromatic carbocycles. The van der Waals surface area contributed by atoms with Crippen molar-refractivity contribution in [2.75, 3.05) is 22.6 Å². The van der Waals surface area contributed by atoms with Crippen LogP contribution in [-0.2, 0) is 25.6 Å². The topological polar surface area (TPSA) is 109 Å². The molecule has 0 saturated carbocycles. The zero-order valence-electron chi connectivity index (χ0n) is 14.6. The van der Waals surface area contributed by atoms with Crippen molar-refractivity contribution >= 4 is 37.1 Å². The molecule has 0 bridgehead atoms. The van der Waals surface area contributed by atoms with Crippen LogP contribution in [0.15, 0.2) is 42.5 Å². The zero-order valence-corrected chi connectivity index (χ0v) is 16.2. The summed E-state index contributed by atoms with van der Waals surface area (Å²) in [7, 11) is -6.64. The highest BCUT2D eigenvalue weighted by Crippen LogP contribution is 2.22. The molecule has 140 valence electrons. The van der Waals surface area contributed by atoms with Crippen molar-refractivity contribution in [3.8, 4) is 0 Å². The summed E-state index contributed by atoms with van der Waals surface area (Å²) in [5.74, 6) is -0.573. The Morgan fingerprint density at radius 1 is 1.00 bits per heavy atom. The number of sulfonamides is 1. The maximum atomic E-state index is 12.4. The van der Waals surface area contributed by atoms with Crippen LogP contribution in [0.4, 0.5) is 11.4 Å². The first-order chi connectivity index (χ1) is 11.9. The van der Waals surface area contributed by atoms with E-state index in [0.29, 0.717) is 28.1 Å². The lowest BCUT2D eigenvalue weighted by Crippen LogP contribution is -2.14. The summed E-state index contributed by atoms with van der Waals surface area (Å²) >= 11 is 0. The summed E-state index contributed by atoms with van der Waals surface area (Å²) in [6.07, 6.45) is 2.17. The predicted molar refractivity (Wildman–Crippen MR) is 103 cm³/mol. The summed E-state index contributed by atoms with van der Waals surface area (Å²) in [5.41, 5.74) is 2.33. The van der Waals surface area contributed by atoms with E-state index in [1.165, 1.54) is 12.1 Å². The second kappa shape index (κ2) is 7.46. The van der Waals surface area contributed by atoms with Gasteiger partial charge in [0.1, 0.15) is 0 Å². The van der Waals surface area contributed by atoms with Crippen molar-refractivity contribution in [1.82, 2.24) is 0 Å². The fourth-order valence-electron chi connectivity index (χ4n) is 2.32. The first-order valence-corrected chi connectivity index (χ1v) is 11.5. The number of hydrogen-bond acceptors (Lipinski definition) is 5. The standard InChI is InChI=1S/C17H20N2O5S2/c1-12-7-8-15(10-16(12)19-26(3,23)24)18-17(20)14-6-4-5-13(9-14)11-25(2,21)22/h4-10,19H,11H2,1-3H3,(H,18,20). The normalized spacial score (nSPS) is 11.8. The van der Waals surface area contributed by atoms with Crippen molar-refractivity contribution in [3.63, 3.8) is 0 Å². The maximum Gasteiger partial charge on any atom is 0.255 e. The number of aryl methyl sites for hydroxylation is 1. The van der Waals surface area contributed by atoms with E-state index in [-0.39, 0.29) is 5.75 Å². The minimum absolute atomic E-state index is 0.152. The SMILES string of the molecule is Cc1ccc(NC(=O)c2cccc(CS(C)(=O)=O)c2)cc1NS(C)(=O)=O. The molecule has 0 aliphatic heterocycles. The van der Waals surface area contributed by atoms with Gasteiger partial charge in [-0.1, -0.05) is 18.2 Å². The molecule has 2 rings (SSSR count). The Bertz CT molecular complexity index is 1040. The molecule has 2 aromatic rings.